The van der Waals surface area contributed by atoms with Gasteiger partial charge in [-0.15, -0.1) is 0 Å². The summed E-state index contributed by atoms with van der Waals surface area (Å²) >= 11 is 0. The fourth-order valence-electron chi connectivity index (χ4n) is 2.36. The summed E-state index contributed by atoms with van der Waals surface area (Å²) in [4.78, 5) is 32.8. The average Bonchev–Trinajstić information content (AvgIpc) is 2.81. The summed E-state index contributed by atoms with van der Waals surface area (Å²) in [5, 5.41) is 28.5. The lowest BCUT2D eigenvalue weighted by Crippen LogP contribution is -2.28. The summed E-state index contributed by atoms with van der Waals surface area (Å²) in [5.74, 6) is -0.585. The van der Waals surface area contributed by atoms with Crippen LogP contribution in [0.5, 0.6) is 0 Å². The number of aryl methyl sites for hydroxylation is 1. The van der Waals surface area contributed by atoms with Crippen molar-refractivity contribution in [3.05, 3.63) is 61.4 Å². The van der Waals surface area contributed by atoms with Crippen LogP contribution in [0.15, 0.2) is 24.3 Å². The molecule has 24 heavy (non-hydrogen) atoms. The number of benzene rings is 1. The highest BCUT2D eigenvalue weighted by molar-refractivity contribution is 5.98. The van der Waals surface area contributed by atoms with Gasteiger partial charge in [-0.1, -0.05) is 12.1 Å². The Morgan fingerprint density at radius 3 is 2.46 bits per heavy atom. The van der Waals surface area contributed by atoms with Crippen LogP contribution in [0.3, 0.4) is 0 Å². The van der Waals surface area contributed by atoms with E-state index in [1.165, 1.54) is 35.9 Å². The van der Waals surface area contributed by atoms with E-state index in [1.54, 1.807) is 6.92 Å². The summed E-state index contributed by atoms with van der Waals surface area (Å²) in [5.41, 5.74) is 0.304. The van der Waals surface area contributed by atoms with E-state index in [0.29, 0.717) is 11.4 Å². The largest absolute Gasteiger partial charge is 0.350 e. The van der Waals surface area contributed by atoms with Gasteiger partial charge in [0, 0.05) is 12.6 Å². The molecular formula is C14H15N5O5. The van der Waals surface area contributed by atoms with Crippen LogP contribution in [0, 0.1) is 34.1 Å². The van der Waals surface area contributed by atoms with Crippen molar-refractivity contribution in [2.75, 3.05) is 6.54 Å². The molecule has 0 spiro atoms. The SMILES string of the molecule is Cc1nn(CCNC(=O)c2ccccc2[N+](=O)[O-])c(C)c1[N+](=O)[O-]. The Bertz CT molecular complexity index is 814. The van der Waals surface area contributed by atoms with Crippen LogP contribution < -0.4 is 5.32 Å². The maximum absolute atomic E-state index is 12.1. The number of nitro groups is 2. The second-order valence-corrected chi connectivity index (χ2v) is 5.03. The molecule has 2 aromatic rings. The first-order valence-corrected chi connectivity index (χ1v) is 7.03. The van der Waals surface area contributed by atoms with Crippen molar-refractivity contribution in [2.45, 2.75) is 20.4 Å². The minimum atomic E-state index is -0.626. The molecule has 0 aliphatic heterocycles. The van der Waals surface area contributed by atoms with Crippen molar-refractivity contribution in [2.24, 2.45) is 0 Å². The zero-order valence-electron chi connectivity index (χ0n) is 13.1. The average molecular weight is 333 g/mol. The highest BCUT2D eigenvalue weighted by Gasteiger charge is 2.22. The van der Waals surface area contributed by atoms with E-state index in [-0.39, 0.29) is 30.0 Å². The first-order chi connectivity index (χ1) is 11.3. The van der Waals surface area contributed by atoms with E-state index >= 15 is 0 Å². The smallest absolute Gasteiger partial charge is 0.312 e. The minimum Gasteiger partial charge on any atom is -0.350 e. The Kier molecular flexibility index (Phi) is 4.87. The lowest BCUT2D eigenvalue weighted by Gasteiger charge is -2.07. The Hall–Kier alpha value is -3.30. The molecule has 1 heterocycles. The number of aromatic nitrogens is 2. The van der Waals surface area contributed by atoms with Crippen LogP contribution in [-0.4, -0.2) is 32.1 Å². The van der Waals surface area contributed by atoms with E-state index < -0.39 is 15.8 Å². The summed E-state index contributed by atoms with van der Waals surface area (Å²) in [6.07, 6.45) is 0. The van der Waals surface area contributed by atoms with E-state index in [0.717, 1.165) is 0 Å². The van der Waals surface area contributed by atoms with E-state index in [2.05, 4.69) is 10.4 Å². The number of nitrogens with one attached hydrogen (secondary N) is 1. The molecule has 0 radical (unpaired) electrons. The van der Waals surface area contributed by atoms with Crippen LogP contribution in [0.1, 0.15) is 21.7 Å². The third kappa shape index (κ3) is 3.37. The molecule has 1 aromatic heterocycles. The van der Waals surface area contributed by atoms with Crippen molar-refractivity contribution in [3.63, 3.8) is 0 Å². The lowest BCUT2D eigenvalue weighted by atomic mass is 10.1. The number of nitro benzene ring substituents is 1. The van der Waals surface area contributed by atoms with Gasteiger partial charge in [0.2, 0.25) is 0 Å². The summed E-state index contributed by atoms with van der Waals surface area (Å²) < 4.78 is 1.42. The maximum Gasteiger partial charge on any atom is 0.312 e. The maximum atomic E-state index is 12.1. The molecule has 0 saturated heterocycles. The van der Waals surface area contributed by atoms with Gasteiger partial charge in [0.1, 0.15) is 17.0 Å². The van der Waals surface area contributed by atoms with E-state index in [4.69, 9.17) is 0 Å². The fourth-order valence-corrected chi connectivity index (χ4v) is 2.36. The quantitative estimate of drug-likeness (QED) is 0.632. The topological polar surface area (TPSA) is 133 Å². The normalized spacial score (nSPS) is 10.4. The third-order valence-corrected chi connectivity index (χ3v) is 3.48. The number of hydrogen-bond donors (Lipinski definition) is 1. The Morgan fingerprint density at radius 2 is 1.88 bits per heavy atom. The first kappa shape index (κ1) is 17.1. The van der Waals surface area contributed by atoms with Gasteiger partial charge in [-0.2, -0.15) is 5.10 Å². The molecule has 0 saturated carbocycles. The van der Waals surface area contributed by atoms with Crippen molar-refractivity contribution >= 4 is 17.3 Å². The van der Waals surface area contributed by atoms with Gasteiger partial charge in [-0.05, 0) is 19.9 Å². The van der Waals surface area contributed by atoms with Gasteiger partial charge >= 0.3 is 5.69 Å². The van der Waals surface area contributed by atoms with Crippen molar-refractivity contribution in [3.8, 4) is 0 Å². The molecular weight excluding hydrogens is 318 g/mol. The molecule has 126 valence electrons. The number of para-hydroxylation sites is 1. The summed E-state index contributed by atoms with van der Waals surface area (Å²) in [6, 6.07) is 5.62. The van der Waals surface area contributed by atoms with Crippen LogP contribution in [0.25, 0.3) is 0 Å². The van der Waals surface area contributed by atoms with E-state index in [9.17, 15) is 25.0 Å². The standard InChI is InChI=1S/C14H15N5O5/c1-9-13(19(23)24)10(2)17(16-9)8-7-15-14(20)11-5-3-4-6-12(11)18(21)22/h3-6H,7-8H2,1-2H3,(H,15,20). The number of nitrogens with zero attached hydrogens (tertiary/aromatic N) is 4. The second-order valence-electron chi connectivity index (χ2n) is 5.03. The molecule has 10 nitrogen and oxygen atoms in total. The molecule has 1 amide bonds. The minimum absolute atomic E-state index is 0.0400. The molecule has 1 N–H and O–H groups in total. The molecule has 0 aliphatic rings. The van der Waals surface area contributed by atoms with Crippen LogP contribution in [-0.2, 0) is 6.54 Å². The van der Waals surface area contributed by atoms with Gasteiger partial charge in [0.05, 0.1) is 16.4 Å². The van der Waals surface area contributed by atoms with Gasteiger partial charge in [0.25, 0.3) is 11.6 Å². The lowest BCUT2D eigenvalue weighted by molar-refractivity contribution is -0.386. The fraction of sp³-hybridized carbons (Fsp3) is 0.286. The Morgan fingerprint density at radius 1 is 1.21 bits per heavy atom. The number of carbonyl (C=O) groups is 1. The van der Waals surface area contributed by atoms with Crippen molar-refractivity contribution in [1.82, 2.24) is 15.1 Å². The highest BCUT2D eigenvalue weighted by Crippen LogP contribution is 2.21. The Labute approximate surface area is 136 Å². The molecule has 0 unspecified atom stereocenters. The molecule has 2 rings (SSSR count). The van der Waals surface area contributed by atoms with E-state index in [1.807, 2.05) is 0 Å². The monoisotopic (exact) mass is 333 g/mol. The Balaban J connectivity index is 2.05. The van der Waals surface area contributed by atoms with Crippen molar-refractivity contribution in [1.29, 1.82) is 0 Å². The number of amides is 1. The zero-order chi connectivity index (χ0) is 17.9. The van der Waals surface area contributed by atoms with Gasteiger partial charge in [-0.3, -0.25) is 29.7 Å². The molecule has 0 fully saturated rings. The predicted octanol–water partition coefficient (Wildman–Crippen LogP) is 1.75. The molecule has 10 heteroatoms. The summed E-state index contributed by atoms with van der Waals surface area (Å²) in [6.45, 7) is 3.45. The van der Waals surface area contributed by atoms with Crippen LogP contribution in [0.2, 0.25) is 0 Å². The second kappa shape index (κ2) is 6.86. The highest BCUT2D eigenvalue weighted by atomic mass is 16.6. The molecule has 0 atom stereocenters. The predicted molar refractivity (Wildman–Crippen MR) is 83.8 cm³/mol. The summed E-state index contributed by atoms with van der Waals surface area (Å²) in [7, 11) is 0. The third-order valence-electron chi connectivity index (χ3n) is 3.48. The first-order valence-electron chi connectivity index (χ1n) is 7.03. The van der Waals surface area contributed by atoms with Crippen LogP contribution in [0.4, 0.5) is 11.4 Å². The van der Waals surface area contributed by atoms with Gasteiger partial charge in [0.15, 0.2) is 0 Å². The number of rotatable bonds is 6. The number of carbonyl (C=O) groups excluding carboxylic acids is 1. The van der Waals surface area contributed by atoms with Gasteiger partial charge < -0.3 is 5.32 Å². The molecule has 1 aromatic carbocycles. The molecule has 0 aliphatic carbocycles. The zero-order valence-corrected chi connectivity index (χ0v) is 13.1. The van der Waals surface area contributed by atoms with Gasteiger partial charge in [-0.25, -0.2) is 0 Å². The van der Waals surface area contributed by atoms with Crippen molar-refractivity contribution < 1.29 is 14.6 Å². The molecule has 0 bridgehead atoms. The number of hydrogen-bond acceptors (Lipinski definition) is 6. The van der Waals surface area contributed by atoms with Crippen LogP contribution >= 0.6 is 0 Å².